The van der Waals surface area contributed by atoms with Crippen LogP contribution in [0.3, 0.4) is 0 Å². The lowest BCUT2D eigenvalue weighted by Gasteiger charge is -2.10. The Labute approximate surface area is 160 Å². The molecule has 26 heavy (non-hydrogen) atoms. The highest BCUT2D eigenvalue weighted by Crippen LogP contribution is 2.21. The Hall–Kier alpha value is -2.80. The quantitative estimate of drug-likeness (QED) is 0.558. The van der Waals surface area contributed by atoms with Crippen LogP contribution in [-0.2, 0) is 9.59 Å². The van der Waals surface area contributed by atoms with Gasteiger partial charge in [-0.1, -0.05) is 28.1 Å². The lowest BCUT2D eigenvalue weighted by molar-refractivity contribution is -0.128. The Balaban J connectivity index is 1.75. The summed E-state index contributed by atoms with van der Waals surface area (Å²) in [6.07, 6.45) is 2.95. The fourth-order valence-corrected chi connectivity index (χ4v) is 2.49. The van der Waals surface area contributed by atoms with Crippen molar-refractivity contribution in [3.8, 4) is 11.5 Å². The molecular weight excluding hydrogens is 400 g/mol. The van der Waals surface area contributed by atoms with Crippen molar-refractivity contribution in [2.75, 3.05) is 13.7 Å². The molecule has 2 aromatic rings. The minimum Gasteiger partial charge on any atom is -0.497 e. The number of halogens is 1. The number of carbonyl (C=O) groups excluding carboxylic acids is 2. The molecule has 136 valence electrons. The van der Waals surface area contributed by atoms with Crippen molar-refractivity contribution < 1.29 is 19.1 Å². The third-order valence-electron chi connectivity index (χ3n) is 3.36. The highest BCUT2D eigenvalue weighted by atomic mass is 79.9. The molecule has 0 heterocycles. The zero-order chi connectivity index (χ0) is 18.9. The monoisotopic (exact) mass is 418 g/mol. The minimum atomic E-state index is -0.460. The van der Waals surface area contributed by atoms with E-state index in [4.69, 9.17) is 9.47 Å². The molecule has 0 radical (unpaired) electrons. The molecule has 6 nitrogen and oxygen atoms in total. The number of amides is 2. The van der Waals surface area contributed by atoms with Crippen LogP contribution in [0.5, 0.6) is 11.5 Å². The van der Waals surface area contributed by atoms with E-state index in [1.807, 2.05) is 31.2 Å². The zero-order valence-corrected chi connectivity index (χ0v) is 16.0. The van der Waals surface area contributed by atoms with Crippen molar-refractivity contribution in [1.82, 2.24) is 10.9 Å². The molecule has 0 atom stereocenters. The van der Waals surface area contributed by atoms with Gasteiger partial charge >= 0.3 is 0 Å². The number of hydrogen-bond acceptors (Lipinski definition) is 4. The average molecular weight is 419 g/mol. The number of nitrogens with one attached hydrogen (secondary N) is 2. The van der Waals surface area contributed by atoms with E-state index in [2.05, 4.69) is 26.8 Å². The maximum atomic E-state index is 11.7. The fourth-order valence-electron chi connectivity index (χ4n) is 2.01. The highest BCUT2D eigenvalue weighted by Gasteiger charge is 2.06. The van der Waals surface area contributed by atoms with Gasteiger partial charge in [0.05, 0.1) is 7.11 Å². The summed E-state index contributed by atoms with van der Waals surface area (Å²) in [6.45, 7) is 1.68. The summed E-state index contributed by atoms with van der Waals surface area (Å²) >= 11 is 3.36. The van der Waals surface area contributed by atoms with Gasteiger partial charge in [0.2, 0.25) is 0 Å². The lowest BCUT2D eigenvalue weighted by atomic mass is 10.2. The standard InChI is InChI=1S/C19H19BrN2O4/c1-13-11-15(20)6-9-17(13)26-12-19(24)22-21-18(23)10-5-14-3-7-16(25-2)8-4-14/h3-11H,12H2,1-2H3,(H,21,23)(H,22,24). The number of hydrazine groups is 1. The van der Waals surface area contributed by atoms with E-state index >= 15 is 0 Å². The first kappa shape index (κ1) is 19.5. The Kier molecular flexibility index (Phi) is 7.23. The molecule has 0 saturated heterocycles. The molecule has 2 amide bonds. The van der Waals surface area contributed by atoms with Gasteiger partial charge in [-0.3, -0.25) is 20.4 Å². The van der Waals surface area contributed by atoms with Crippen LogP contribution in [0, 0.1) is 6.92 Å². The molecule has 0 aliphatic carbocycles. The summed E-state index contributed by atoms with van der Waals surface area (Å²) in [5, 5.41) is 0. The van der Waals surface area contributed by atoms with Crippen LogP contribution >= 0.6 is 15.9 Å². The topological polar surface area (TPSA) is 76.7 Å². The second-order valence-corrected chi connectivity index (χ2v) is 6.26. The van der Waals surface area contributed by atoms with Gasteiger partial charge in [-0.15, -0.1) is 0 Å². The summed E-state index contributed by atoms with van der Waals surface area (Å²) in [6, 6.07) is 12.7. The van der Waals surface area contributed by atoms with Crippen molar-refractivity contribution in [3.05, 3.63) is 64.1 Å². The molecule has 2 aromatic carbocycles. The summed E-state index contributed by atoms with van der Waals surface area (Å²) in [4.78, 5) is 23.5. The molecule has 2 N–H and O–H groups in total. The number of benzene rings is 2. The molecule has 2 rings (SSSR count). The minimum absolute atomic E-state index is 0.203. The van der Waals surface area contributed by atoms with Gasteiger partial charge < -0.3 is 9.47 Å². The largest absolute Gasteiger partial charge is 0.497 e. The van der Waals surface area contributed by atoms with Crippen LogP contribution in [0.1, 0.15) is 11.1 Å². The van der Waals surface area contributed by atoms with Crippen LogP contribution in [0.4, 0.5) is 0 Å². The fraction of sp³-hybridized carbons (Fsp3) is 0.158. The predicted octanol–water partition coefficient (Wildman–Crippen LogP) is 3.01. The Morgan fingerprint density at radius 1 is 1.12 bits per heavy atom. The molecule has 0 fully saturated rings. The molecular formula is C19H19BrN2O4. The van der Waals surface area contributed by atoms with Crippen LogP contribution in [0.15, 0.2) is 53.0 Å². The maximum absolute atomic E-state index is 11.7. The summed E-state index contributed by atoms with van der Waals surface area (Å²) in [5.74, 6) is 0.432. The first-order valence-electron chi connectivity index (χ1n) is 7.78. The molecule has 0 unspecified atom stereocenters. The second-order valence-electron chi connectivity index (χ2n) is 5.34. The van der Waals surface area contributed by atoms with Gasteiger partial charge in [-0.05, 0) is 54.5 Å². The SMILES string of the molecule is COc1ccc(C=CC(=O)NNC(=O)COc2ccc(Br)cc2C)cc1. The van der Waals surface area contributed by atoms with E-state index in [1.165, 1.54) is 6.08 Å². The number of aryl methyl sites for hydroxylation is 1. The Morgan fingerprint density at radius 3 is 2.50 bits per heavy atom. The highest BCUT2D eigenvalue weighted by molar-refractivity contribution is 9.10. The molecule has 7 heteroatoms. The van der Waals surface area contributed by atoms with Crippen molar-refractivity contribution in [3.63, 3.8) is 0 Å². The third kappa shape index (κ3) is 6.25. The van der Waals surface area contributed by atoms with Gasteiger partial charge in [0.1, 0.15) is 11.5 Å². The van der Waals surface area contributed by atoms with E-state index in [0.717, 1.165) is 21.3 Å². The lowest BCUT2D eigenvalue weighted by Crippen LogP contribution is -2.43. The van der Waals surface area contributed by atoms with Gasteiger partial charge in [0, 0.05) is 10.5 Å². The van der Waals surface area contributed by atoms with Gasteiger partial charge in [-0.2, -0.15) is 0 Å². The number of carbonyl (C=O) groups is 2. The second kappa shape index (κ2) is 9.62. The molecule has 0 bridgehead atoms. The summed E-state index contributed by atoms with van der Waals surface area (Å²) in [5.41, 5.74) is 6.33. The van der Waals surface area contributed by atoms with Crippen molar-refractivity contribution in [2.45, 2.75) is 6.92 Å². The van der Waals surface area contributed by atoms with Crippen LogP contribution in [0.25, 0.3) is 6.08 Å². The first-order valence-corrected chi connectivity index (χ1v) is 8.57. The Morgan fingerprint density at radius 2 is 1.85 bits per heavy atom. The first-order chi connectivity index (χ1) is 12.5. The van der Waals surface area contributed by atoms with Gasteiger partial charge in [0.25, 0.3) is 11.8 Å². The van der Waals surface area contributed by atoms with Gasteiger partial charge in [-0.25, -0.2) is 0 Å². The number of ether oxygens (including phenoxy) is 2. The molecule has 0 spiro atoms. The van der Waals surface area contributed by atoms with E-state index in [9.17, 15) is 9.59 Å². The number of methoxy groups -OCH3 is 1. The number of rotatable bonds is 6. The molecule has 0 aliphatic heterocycles. The van der Waals surface area contributed by atoms with Crippen LogP contribution in [0.2, 0.25) is 0 Å². The van der Waals surface area contributed by atoms with Crippen LogP contribution < -0.4 is 20.3 Å². The smallest absolute Gasteiger partial charge is 0.276 e. The molecule has 0 aliphatic rings. The summed E-state index contributed by atoms with van der Waals surface area (Å²) < 4.78 is 11.4. The van der Waals surface area contributed by atoms with E-state index in [1.54, 1.807) is 31.4 Å². The van der Waals surface area contributed by atoms with Crippen molar-refractivity contribution >= 4 is 33.8 Å². The van der Waals surface area contributed by atoms with Gasteiger partial charge in [0.15, 0.2) is 6.61 Å². The zero-order valence-electron chi connectivity index (χ0n) is 14.4. The normalized spacial score (nSPS) is 10.4. The van der Waals surface area contributed by atoms with Crippen molar-refractivity contribution in [1.29, 1.82) is 0 Å². The van der Waals surface area contributed by atoms with Crippen LogP contribution in [-0.4, -0.2) is 25.5 Å². The third-order valence-corrected chi connectivity index (χ3v) is 3.86. The van der Waals surface area contributed by atoms with E-state index in [0.29, 0.717) is 5.75 Å². The van der Waals surface area contributed by atoms with E-state index in [-0.39, 0.29) is 6.61 Å². The molecule has 0 aromatic heterocycles. The van der Waals surface area contributed by atoms with Crippen molar-refractivity contribution in [2.24, 2.45) is 0 Å². The average Bonchev–Trinajstić information content (AvgIpc) is 2.64. The number of hydrogen-bond donors (Lipinski definition) is 2. The van der Waals surface area contributed by atoms with E-state index < -0.39 is 11.8 Å². The Bertz CT molecular complexity index is 804. The maximum Gasteiger partial charge on any atom is 0.276 e. The summed E-state index contributed by atoms with van der Waals surface area (Å²) in [7, 11) is 1.59. The predicted molar refractivity (Wildman–Crippen MR) is 103 cm³/mol. The molecule has 0 saturated carbocycles.